The summed E-state index contributed by atoms with van der Waals surface area (Å²) >= 11 is 3.26. The second-order valence-electron chi connectivity index (χ2n) is 4.51. The Kier molecular flexibility index (Phi) is 5.02. The monoisotopic (exact) mass is 385 g/mol. The molecule has 118 valence electrons. The number of benzene rings is 1. The minimum Gasteiger partial charge on any atom is -0.323 e. The number of sulfone groups is 1. The number of nitrogens with zero attached hydrogens (tertiary/aromatic N) is 3. The van der Waals surface area contributed by atoms with Gasteiger partial charge in [-0.2, -0.15) is 9.78 Å². The van der Waals surface area contributed by atoms with E-state index in [9.17, 15) is 13.2 Å². The van der Waals surface area contributed by atoms with Gasteiger partial charge in [-0.15, -0.1) is 0 Å². The Morgan fingerprint density at radius 1 is 1.18 bits per heavy atom. The second kappa shape index (κ2) is 6.62. The molecule has 0 saturated heterocycles. The first-order valence-electron chi connectivity index (χ1n) is 6.75. The average Bonchev–Trinajstić information content (AvgIpc) is 2.99. The SMILES string of the molecule is CCN(CC)C(=O)n1ccc(S(=O)(=O)c2ccc(Br)cc2)n1. The van der Waals surface area contributed by atoms with Crippen LogP contribution in [-0.4, -0.2) is 42.2 Å². The summed E-state index contributed by atoms with van der Waals surface area (Å²) in [5, 5.41) is 3.78. The fourth-order valence-electron chi connectivity index (χ4n) is 1.93. The minimum absolute atomic E-state index is 0.135. The standard InChI is InChI=1S/C14H16BrN3O3S/c1-3-17(4-2)14(19)18-10-9-13(16-18)22(20,21)12-7-5-11(15)6-8-12/h5-10H,3-4H2,1-2H3. The van der Waals surface area contributed by atoms with Crippen molar-refractivity contribution in [1.82, 2.24) is 14.7 Å². The summed E-state index contributed by atoms with van der Waals surface area (Å²) in [6, 6.07) is 7.26. The number of hydrogen-bond acceptors (Lipinski definition) is 4. The fraction of sp³-hybridized carbons (Fsp3) is 0.286. The molecule has 0 radical (unpaired) electrons. The highest BCUT2D eigenvalue weighted by Gasteiger charge is 2.22. The van der Waals surface area contributed by atoms with Crippen LogP contribution in [0.25, 0.3) is 0 Å². The predicted octanol–water partition coefficient (Wildman–Crippen LogP) is 2.79. The first-order valence-corrected chi connectivity index (χ1v) is 9.03. The highest BCUT2D eigenvalue weighted by Crippen LogP contribution is 2.21. The highest BCUT2D eigenvalue weighted by molar-refractivity contribution is 9.10. The molecule has 1 aromatic heterocycles. The van der Waals surface area contributed by atoms with Crippen LogP contribution in [-0.2, 0) is 9.84 Å². The molecule has 0 aliphatic rings. The molecule has 0 N–H and O–H groups in total. The maximum Gasteiger partial charge on any atom is 0.344 e. The van der Waals surface area contributed by atoms with E-state index in [1.165, 1.54) is 24.4 Å². The van der Waals surface area contributed by atoms with E-state index in [4.69, 9.17) is 0 Å². The molecular formula is C14H16BrN3O3S. The van der Waals surface area contributed by atoms with E-state index in [2.05, 4.69) is 21.0 Å². The fourth-order valence-corrected chi connectivity index (χ4v) is 3.37. The average molecular weight is 386 g/mol. The zero-order chi connectivity index (χ0) is 16.3. The van der Waals surface area contributed by atoms with Gasteiger partial charge >= 0.3 is 6.03 Å². The Bertz CT molecular complexity index is 765. The zero-order valence-electron chi connectivity index (χ0n) is 12.2. The van der Waals surface area contributed by atoms with Crippen molar-refractivity contribution in [2.45, 2.75) is 23.8 Å². The van der Waals surface area contributed by atoms with Crippen molar-refractivity contribution in [2.24, 2.45) is 0 Å². The van der Waals surface area contributed by atoms with E-state index in [0.29, 0.717) is 13.1 Å². The van der Waals surface area contributed by atoms with E-state index < -0.39 is 9.84 Å². The molecule has 0 spiro atoms. The number of carbonyl (C=O) groups excluding carboxylic acids is 1. The summed E-state index contributed by atoms with van der Waals surface area (Å²) in [6.07, 6.45) is 1.37. The van der Waals surface area contributed by atoms with Crippen LogP contribution < -0.4 is 0 Å². The lowest BCUT2D eigenvalue weighted by Crippen LogP contribution is -2.34. The molecule has 8 heteroatoms. The van der Waals surface area contributed by atoms with Gasteiger partial charge in [0.05, 0.1) is 4.90 Å². The maximum atomic E-state index is 12.5. The number of amides is 1. The van der Waals surface area contributed by atoms with Crippen molar-refractivity contribution in [3.63, 3.8) is 0 Å². The molecule has 0 bridgehead atoms. The summed E-state index contributed by atoms with van der Waals surface area (Å²) in [5.41, 5.74) is 0. The lowest BCUT2D eigenvalue weighted by molar-refractivity contribution is 0.201. The molecule has 0 aliphatic carbocycles. The van der Waals surface area contributed by atoms with E-state index in [1.54, 1.807) is 17.0 Å². The van der Waals surface area contributed by atoms with Gasteiger partial charge in [-0.3, -0.25) is 0 Å². The van der Waals surface area contributed by atoms with Crippen molar-refractivity contribution >= 4 is 31.8 Å². The molecule has 0 aliphatic heterocycles. The molecule has 1 heterocycles. The number of carbonyl (C=O) groups is 1. The van der Waals surface area contributed by atoms with Gasteiger partial charge in [0.1, 0.15) is 0 Å². The van der Waals surface area contributed by atoms with Crippen LogP contribution in [0.3, 0.4) is 0 Å². The van der Waals surface area contributed by atoms with Crippen molar-refractivity contribution in [2.75, 3.05) is 13.1 Å². The Morgan fingerprint density at radius 2 is 1.77 bits per heavy atom. The first-order chi connectivity index (χ1) is 10.4. The van der Waals surface area contributed by atoms with Crippen molar-refractivity contribution in [3.05, 3.63) is 41.0 Å². The summed E-state index contributed by atoms with van der Waals surface area (Å²) in [4.78, 5) is 13.8. The third-order valence-electron chi connectivity index (χ3n) is 3.19. The molecule has 6 nitrogen and oxygen atoms in total. The first kappa shape index (κ1) is 16.7. The third-order valence-corrected chi connectivity index (χ3v) is 5.38. The molecule has 2 rings (SSSR count). The van der Waals surface area contributed by atoms with Gasteiger partial charge < -0.3 is 4.90 Å². The Labute approximate surface area is 137 Å². The molecule has 1 aromatic carbocycles. The molecule has 0 unspecified atom stereocenters. The lowest BCUT2D eigenvalue weighted by atomic mass is 10.4. The van der Waals surface area contributed by atoms with Crippen molar-refractivity contribution in [3.8, 4) is 0 Å². The van der Waals surface area contributed by atoms with Gasteiger partial charge in [0.15, 0.2) is 5.03 Å². The van der Waals surface area contributed by atoms with E-state index in [1.807, 2.05) is 13.8 Å². The summed E-state index contributed by atoms with van der Waals surface area (Å²) < 4.78 is 26.8. The summed E-state index contributed by atoms with van der Waals surface area (Å²) in [6.45, 7) is 4.77. The van der Waals surface area contributed by atoms with Gasteiger partial charge in [-0.1, -0.05) is 15.9 Å². The molecule has 22 heavy (non-hydrogen) atoms. The van der Waals surface area contributed by atoms with Crippen molar-refractivity contribution < 1.29 is 13.2 Å². The van der Waals surface area contributed by atoms with E-state index in [0.717, 1.165) is 9.15 Å². The van der Waals surface area contributed by atoms with Crippen LogP contribution in [0.4, 0.5) is 4.79 Å². The van der Waals surface area contributed by atoms with Crippen LogP contribution in [0, 0.1) is 0 Å². The molecular weight excluding hydrogens is 370 g/mol. The molecule has 2 aromatic rings. The van der Waals surface area contributed by atoms with Crippen LogP contribution in [0.2, 0.25) is 0 Å². The van der Waals surface area contributed by atoms with Gasteiger partial charge in [-0.25, -0.2) is 13.2 Å². The second-order valence-corrected chi connectivity index (χ2v) is 7.32. The third kappa shape index (κ3) is 3.22. The smallest absolute Gasteiger partial charge is 0.323 e. The van der Waals surface area contributed by atoms with Crippen LogP contribution in [0.15, 0.2) is 50.9 Å². The predicted molar refractivity (Wildman–Crippen MR) is 85.5 cm³/mol. The van der Waals surface area contributed by atoms with E-state index >= 15 is 0 Å². The van der Waals surface area contributed by atoms with Crippen molar-refractivity contribution in [1.29, 1.82) is 0 Å². The van der Waals surface area contributed by atoms with Gasteiger partial charge in [0, 0.05) is 23.8 Å². The zero-order valence-corrected chi connectivity index (χ0v) is 14.6. The Balaban J connectivity index is 2.35. The van der Waals surface area contributed by atoms with Gasteiger partial charge in [-0.05, 0) is 44.2 Å². The highest BCUT2D eigenvalue weighted by atomic mass is 79.9. The van der Waals surface area contributed by atoms with Gasteiger partial charge in [0.25, 0.3) is 0 Å². The van der Waals surface area contributed by atoms with Crippen LogP contribution in [0.5, 0.6) is 0 Å². The topological polar surface area (TPSA) is 72.3 Å². The maximum absolute atomic E-state index is 12.5. The number of hydrogen-bond donors (Lipinski definition) is 0. The van der Waals surface area contributed by atoms with Gasteiger partial charge in [0.2, 0.25) is 9.84 Å². The molecule has 0 atom stereocenters. The quantitative estimate of drug-likeness (QED) is 0.810. The Morgan fingerprint density at radius 3 is 2.32 bits per heavy atom. The number of rotatable bonds is 4. The number of aromatic nitrogens is 2. The summed E-state index contributed by atoms with van der Waals surface area (Å²) in [7, 11) is -3.73. The minimum atomic E-state index is -3.73. The molecule has 0 saturated carbocycles. The largest absolute Gasteiger partial charge is 0.344 e. The molecule has 0 fully saturated rings. The normalized spacial score (nSPS) is 11.4. The van der Waals surface area contributed by atoms with Crippen LogP contribution >= 0.6 is 15.9 Å². The number of halogens is 1. The molecule has 1 amide bonds. The van der Waals surface area contributed by atoms with Crippen LogP contribution in [0.1, 0.15) is 13.8 Å². The Hall–Kier alpha value is -1.67. The van der Waals surface area contributed by atoms with E-state index in [-0.39, 0.29) is 16.0 Å². The summed E-state index contributed by atoms with van der Waals surface area (Å²) in [5.74, 6) is 0. The lowest BCUT2D eigenvalue weighted by Gasteiger charge is -2.17.